The number of hydrogen-bond donors (Lipinski definition) is 0. The molecule has 0 aliphatic heterocycles. The molecule has 0 bridgehead atoms. The van der Waals surface area contributed by atoms with Gasteiger partial charge in [0.2, 0.25) is 0 Å². The van der Waals surface area contributed by atoms with Crippen molar-refractivity contribution >= 4 is 17.3 Å². The summed E-state index contributed by atoms with van der Waals surface area (Å²) >= 11 is 0. The van der Waals surface area contributed by atoms with Gasteiger partial charge in [-0.25, -0.2) is 0 Å². The van der Waals surface area contributed by atoms with Gasteiger partial charge in [-0.1, -0.05) is 19.7 Å². The molecule has 0 aromatic heterocycles. The van der Waals surface area contributed by atoms with Crippen LogP contribution in [-0.4, -0.2) is 37.2 Å². The number of ether oxygens (including phenoxy) is 3. The molecule has 3 atom stereocenters. The molecule has 1 saturated carbocycles. The Morgan fingerprint density at radius 2 is 1.03 bits per heavy atom. The zero-order valence-corrected chi connectivity index (χ0v) is 20.1. The molecular formula is C27H42O6. The van der Waals surface area contributed by atoms with Crippen molar-refractivity contribution in [3.05, 3.63) is 38.5 Å². The lowest BCUT2D eigenvalue weighted by atomic mass is 9.68. The molecule has 0 radical (unpaired) electrons. The number of Topliss-reactive ketones (excluding diaryl/α,β-unsaturated/α-hetero) is 3. The number of unbranched alkanes of at least 4 members (excludes halogenated alkanes) is 3. The van der Waals surface area contributed by atoms with Gasteiger partial charge in [0.15, 0.2) is 0 Å². The highest BCUT2D eigenvalue weighted by molar-refractivity contribution is 5.91. The Labute approximate surface area is 199 Å². The van der Waals surface area contributed by atoms with Crippen molar-refractivity contribution < 1.29 is 28.6 Å². The summed E-state index contributed by atoms with van der Waals surface area (Å²) in [4.78, 5) is 38.8. The molecule has 0 spiro atoms. The van der Waals surface area contributed by atoms with Crippen molar-refractivity contribution in [1.82, 2.24) is 0 Å². The van der Waals surface area contributed by atoms with Crippen molar-refractivity contribution in [1.29, 1.82) is 0 Å². The fraction of sp³-hybridized carbons (Fsp3) is 0.667. The summed E-state index contributed by atoms with van der Waals surface area (Å²) in [5, 5.41) is 0. The number of carbonyl (C=O) groups excluding carboxylic acids is 3. The molecule has 3 unspecified atom stereocenters. The van der Waals surface area contributed by atoms with E-state index in [0.29, 0.717) is 64.8 Å². The van der Waals surface area contributed by atoms with Gasteiger partial charge in [0.05, 0.1) is 38.6 Å². The van der Waals surface area contributed by atoms with E-state index in [9.17, 15) is 14.4 Å². The minimum absolute atomic E-state index is 0.110. The quantitative estimate of drug-likeness (QED) is 0.160. The molecule has 0 N–H and O–H groups in total. The highest BCUT2D eigenvalue weighted by Crippen LogP contribution is 2.38. The van der Waals surface area contributed by atoms with Gasteiger partial charge >= 0.3 is 0 Å². The van der Waals surface area contributed by atoms with Gasteiger partial charge in [0, 0.05) is 37.0 Å². The van der Waals surface area contributed by atoms with Crippen LogP contribution in [-0.2, 0) is 28.6 Å². The SMILES string of the molecule is C=COCCCCC(=O)C1CCC(C(=O)CCCCOC=C)C(C(=O)CCCCOC=C)C1. The van der Waals surface area contributed by atoms with Crippen LogP contribution in [0.5, 0.6) is 0 Å². The van der Waals surface area contributed by atoms with Crippen LogP contribution >= 0.6 is 0 Å². The molecule has 186 valence electrons. The van der Waals surface area contributed by atoms with Crippen LogP contribution in [0.25, 0.3) is 0 Å². The molecule has 0 aromatic carbocycles. The Morgan fingerprint density at radius 3 is 1.48 bits per heavy atom. The van der Waals surface area contributed by atoms with Crippen molar-refractivity contribution in [3.8, 4) is 0 Å². The summed E-state index contributed by atoms with van der Waals surface area (Å²) in [6, 6.07) is 0. The maximum atomic E-state index is 13.1. The van der Waals surface area contributed by atoms with Crippen LogP contribution in [0.2, 0.25) is 0 Å². The Bertz CT molecular complexity index is 626. The predicted molar refractivity (Wildman–Crippen MR) is 129 cm³/mol. The molecule has 0 amide bonds. The normalized spacial score (nSPS) is 19.8. The molecule has 1 fully saturated rings. The summed E-state index contributed by atoms with van der Waals surface area (Å²) in [5.74, 6) is -0.291. The van der Waals surface area contributed by atoms with E-state index in [1.54, 1.807) is 0 Å². The lowest BCUT2D eigenvalue weighted by Crippen LogP contribution is -2.38. The first-order valence-corrected chi connectivity index (χ1v) is 12.3. The van der Waals surface area contributed by atoms with Gasteiger partial charge < -0.3 is 14.2 Å². The molecular weight excluding hydrogens is 420 g/mol. The zero-order chi connectivity index (χ0) is 24.3. The van der Waals surface area contributed by atoms with Crippen molar-refractivity contribution in [2.45, 2.75) is 77.0 Å². The van der Waals surface area contributed by atoms with Gasteiger partial charge in [-0.15, -0.1) is 0 Å². The topological polar surface area (TPSA) is 78.9 Å². The molecule has 1 aliphatic rings. The maximum Gasteiger partial charge on any atom is 0.136 e. The first kappa shape index (κ1) is 28.7. The summed E-state index contributed by atoms with van der Waals surface area (Å²) in [6.45, 7) is 12.2. The third-order valence-corrected chi connectivity index (χ3v) is 6.29. The number of hydrogen-bond acceptors (Lipinski definition) is 6. The Balaban J connectivity index is 2.65. The van der Waals surface area contributed by atoms with Crippen LogP contribution in [0, 0.1) is 17.8 Å². The lowest BCUT2D eigenvalue weighted by Gasteiger charge is -2.34. The van der Waals surface area contributed by atoms with E-state index in [4.69, 9.17) is 14.2 Å². The third kappa shape index (κ3) is 11.9. The summed E-state index contributed by atoms with van der Waals surface area (Å²) in [7, 11) is 0. The van der Waals surface area contributed by atoms with E-state index >= 15 is 0 Å². The van der Waals surface area contributed by atoms with E-state index < -0.39 is 0 Å². The largest absolute Gasteiger partial charge is 0.502 e. The third-order valence-electron chi connectivity index (χ3n) is 6.29. The van der Waals surface area contributed by atoms with E-state index in [1.807, 2.05) is 0 Å². The van der Waals surface area contributed by atoms with Crippen molar-refractivity contribution in [2.75, 3.05) is 19.8 Å². The Morgan fingerprint density at radius 1 is 0.606 bits per heavy atom. The average Bonchev–Trinajstić information content (AvgIpc) is 2.82. The van der Waals surface area contributed by atoms with E-state index in [-0.39, 0.29) is 35.1 Å². The standard InChI is InChI=1S/C27H42O6/c1-4-31-18-10-7-13-25(28)22-16-17-23(26(29)14-8-11-19-32-5-2)24(21-22)27(30)15-9-12-20-33-6-3/h4-6,22-24H,1-3,7-21H2. The van der Waals surface area contributed by atoms with Gasteiger partial charge in [-0.05, 0) is 57.8 Å². The highest BCUT2D eigenvalue weighted by Gasteiger charge is 2.39. The predicted octanol–water partition coefficient (Wildman–Crippen LogP) is 5.72. The lowest BCUT2D eigenvalue weighted by molar-refractivity contribution is -0.137. The highest BCUT2D eigenvalue weighted by atomic mass is 16.5. The molecule has 1 aliphatic carbocycles. The maximum absolute atomic E-state index is 13.1. The van der Waals surface area contributed by atoms with Crippen molar-refractivity contribution in [3.63, 3.8) is 0 Å². The summed E-state index contributed by atoms with van der Waals surface area (Å²) in [6.07, 6.45) is 11.9. The minimum atomic E-state index is -0.353. The van der Waals surface area contributed by atoms with Crippen molar-refractivity contribution in [2.24, 2.45) is 17.8 Å². The van der Waals surface area contributed by atoms with Gasteiger partial charge in [0.1, 0.15) is 17.3 Å². The molecule has 0 heterocycles. The first-order valence-electron chi connectivity index (χ1n) is 12.3. The van der Waals surface area contributed by atoms with Crippen LogP contribution < -0.4 is 0 Å². The van der Waals surface area contributed by atoms with E-state index in [2.05, 4.69) is 19.7 Å². The van der Waals surface area contributed by atoms with Gasteiger partial charge in [-0.2, -0.15) is 0 Å². The average molecular weight is 463 g/mol. The minimum Gasteiger partial charge on any atom is -0.502 e. The molecule has 6 nitrogen and oxygen atoms in total. The Kier molecular flexibility index (Phi) is 15.7. The fourth-order valence-electron chi connectivity index (χ4n) is 4.48. The second-order valence-corrected chi connectivity index (χ2v) is 8.61. The number of ketones is 3. The second kappa shape index (κ2) is 18.1. The van der Waals surface area contributed by atoms with Crippen LogP contribution in [0.15, 0.2) is 38.5 Å². The molecule has 6 heteroatoms. The number of carbonyl (C=O) groups is 3. The second-order valence-electron chi connectivity index (χ2n) is 8.61. The Hall–Kier alpha value is -2.37. The zero-order valence-electron chi connectivity index (χ0n) is 20.1. The fourth-order valence-corrected chi connectivity index (χ4v) is 4.48. The summed E-state index contributed by atoms with van der Waals surface area (Å²) < 4.78 is 15.4. The molecule has 1 rings (SSSR count). The van der Waals surface area contributed by atoms with E-state index in [1.165, 1.54) is 18.8 Å². The van der Waals surface area contributed by atoms with Gasteiger partial charge in [-0.3, -0.25) is 14.4 Å². The van der Waals surface area contributed by atoms with Crippen LogP contribution in [0.3, 0.4) is 0 Å². The molecule has 0 aromatic rings. The van der Waals surface area contributed by atoms with Crippen LogP contribution in [0.1, 0.15) is 77.0 Å². The monoisotopic (exact) mass is 462 g/mol. The van der Waals surface area contributed by atoms with E-state index in [0.717, 1.165) is 32.1 Å². The molecule has 33 heavy (non-hydrogen) atoms. The number of rotatable bonds is 21. The van der Waals surface area contributed by atoms with Crippen LogP contribution in [0.4, 0.5) is 0 Å². The smallest absolute Gasteiger partial charge is 0.136 e. The van der Waals surface area contributed by atoms with Gasteiger partial charge in [0.25, 0.3) is 0 Å². The first-order chi connectivity index (χ1) is 16.0. The summed E-state index contributed by atoms with van der Waals surface area (Å²) in [5.41, 5.74) is 0. The molecule has 0 saturated heterocycles.